The van der Waals surface area contributed by atoms with Crippen LogP contribution in [-0.2, 0) is 0 Å². The van der Waals surface area contributed by atoms with Crippen molar-refractivity contribution in [3.05, 3.63) is 17.5 Å². The maximum atomic E-state index is 12.1. The standard InChI is InChI=1S/C11H17N3O2/c1-8-10(6-13-16-8)11(15)14-5-3-4-9(7-14)12-2/h6,9,12H,3-5,7H2,1-2H3. The van der Waals surface area contributed by atoms with E-state index in [0.29, 0.717) is 17.4 Å². The molecule has 1 amide bonds. The Kier molecular flexibility index (Phi) is 3.24. The van der Waals surface area contributed by atoms with Crippen LogP contribution in [0, 0.1) is 6.92 Å². The molecule has 1 aliphatic rings. The van der Waals surface area contributed by atoms with Crippen LogP contribution in [-0.4, -0.2) is 42.1 Å². The van der Waals surface area contributed by atoms with E-state index in [0.717, 1.165) is 25.9 Å². The molecule has 5 nitrogen and oxygen atoms in total. The van der Waals surface area contributed by atoms with Gasteiger partial charge in [-0.3, -0.25) is 4.79 Å². The third-order valence-corrected chi connectivity index (χ3v) is 3.10. The van der Waals surface area contributed by atoms with Crippen molar-refractivity contribution in [2.45, 2.75) is 25.8 Å². The van der Waals surface area contributed by atoms with Crippen LogP contribution in [0.2, 0.25) is 0 Å². The molecule has 2 heterocycles. The molecule has 2 rings (SSSR count). The van der Waals surface area contributed by atoms with Gasteiger partial charge in [0.15, 0.2) is 0 Å². The molecule has 5 heteroatoms. The normalized spacial score (nSPS) is 21.1. The van der Waals surface area contributed by atoms with E-state index < -0.39 is 0 Å². The van der Waals surface area contributed by atoms with Crippen molar-refractivity contribution in [3.8, 4) is 0 Å². The SMILES string of the molecule is CNC1CCCN(C(=O)c2cnoc2C)C1. The summed E-state index contributed by atoms with van der Waals surface area (Å²) in [7, 11) is 1.93. The van der Waals surface area contributed by atoms with Crippen LogP contribution in [0.5, 0.6) is 0 Å². The van der Waals surface area contributed by atoms with Crippen LogP contribution in [0.15, 0.2) is 10.7 Å². The zero-order chi connectivity index (χ0) is 11.5. The highest BCUT2D eigenvalue weighted by Crippen LogP contribution is 2.15. The van der Waals surface area contributed by atoms with Crippen molar-refractivity contribution in [2.24, 2.45) is 0 Å². The third-order valence-electron chi connectivity index (χ3n) is 3.10. The van der Waals surface area contributed by atoms with Crippen LogP contribution >= 0.6 is 0 Å². The first-order valence-corrected chi connectivity index (χ1v) is 5.60. The van der Waals surface area contributed by atoms with Crippen LogP contribution in [0.25, 0.3) is 0 Å². The number of likely N-dealkylation sites (N-methyl/N-ethyl adjacent to an activating group) is 1. The Labute approximate surface area is 94.8 Å². The van der Waals surface area contributed by atoms with E-state index >= 15 is 0 Å². The first-order valence-electron chi connectivity index (χ1n) is 5.60. The minimum absolute atomic E-state index is 0.0266. The topological polar surface area (TPSA) is 58.4 Å². The molecular weight excluding hydrogens is 206 g/mol. The Morgan fingerprint density at radius 1 is 1.69 bits per heavy atom. The molecule has 1 aromatic rings. The summed E-state index contributed by atoms with van der Waals surface area (Å²) in [6.45, 7) is 3.35. The van der Waals surface area contributed by atoms with Crippen molar-refractivity contribution >= 4 is 5.91 Å². The summed E-state index contributed by atoms with van der Waals surface area (Å²) in [6.07, 6.45) is 3.67. The zero-order valence-electron chi connectivity index (χ0n) is 9.69. The largest absolute Gasteiger partial charge is 0.361 e. The molecule has 0 aliphatic carbocycles. The second kappa shape index (κ2) is 4.65. The van der Waals surface area contributed by atoms with E-state index in [1.165, 1.54) is 6.20 Å². The molecule has 1 saturated heterocycles. The van der Waals surface area contributed by atoms with E-state index in [-0.39, 0.29) is 5.91 Å². The summed E-state index contributed by atoms with van der Waals surface area (Å²) in [5, 5.41) is 6.85. The molecule has 88 valence electrons. The number of nitrogens with zero attached hydrogens (tertiary/aromatic N) is 2. The van der Waals surface area contributed by atoms with Crippen LogP contribution in [0.1, 0.15) is 29.0 Å². The summed E-state index contributed by atoms with van der Waals surface area (Å²) in [5.41, 5.74) is 0.580. The highest BCUT2D eigenvalue weighted by Gasteiger charge is 2.25. The van der Waals surface area contributed by atoms with E-state index in [9.17, 15) is 4.79 Å². The van der Waals surface area contributed by atoms with Gasteiger partial charge in [0, 0.05) is 19.1 Å². The van der Waals surface area contributed by atoms with Crippen LogP contribution < -0.4 is 5.32 Å². The second-order valence-electron chi connectivity index (χ2n) is 4.17. The Bertz CT molecular complexity index is 375. The zero-order valence-corrected chi connectivity index (χ0v) is 9.69. The molecule has 0 aromatic carbocycles. The fourth-order valence-corrected chi connectivity index (χ4v) is 2.07. The maximum Gasteiger partial charge on any atom is 0.259 e. The Hall–Kier alpha value is -1.36. The number of hydrogen-bond acceptors (Lipinski definition) is 4. The van der Waals surface area contributed by atoms with E-state index in [2.05, 4.69) is 10.5 Å². The molecule has 0 spiro atoms. The quantitative estimate of drug-likeness (QED) is 0.806. The summed E-state index contributed by atoms with van der Waals surface area (Å²) in [6, 6.07) is 0.401. The number of hydrogen-bond donors (Lipinski definition) is 1. The fourth-order valence-electron chi connectivity index (χ4n) is 2.07. The number of nitrogens with one attached hydrogen (secondary N) is 1. The fraction of sp³-hybridized carbons (Fsp3) is 0.636. The van der Waals surface area contributed by atoms with Gasteiger partial charge < -0.3 is 14.7 Å². The number of likely N-dealkylation sites (tertiary alicyclic amines) is 1. The molecule has 0 bridgehead atoms. The summed E-state index contributed by atoms with van der Waals surface area (Å²) in [4.78, 5) is 14.0. The number of aryl methyl sites for hydroxylation is 1. The van der Waals surface area contributed by atoms with Gasteiger partial charge in [0.2, 0.25) is 0 Å². The predicted octanol–water partition coefficient (Wildman–Crippen LogP) is 0.807. The average Bonchev–Trinajstić information content (AvgIpc) is 2.74. The monoisotopic (exact) mass is 223 g/mol. The lowest BCUT2D eigenvalue weighted by atomic mass is 10.1. The molecule has 0 radical (unpaired) electrons. The first-order chi connectivity index (χ1) is 7.72. The molecule has 0 saturated carbocycles. The molecule has 1 N–H and O–H groups in total. The molecule has 16 heavy (non-hydrogen) atoms. The number of carbonyl (C=O) groups excluding carboxylic acids is 1. The lowest BCUT2D eigenvalue weighted by Gasteiger charge is -2.32. The van der Waals surface area contributed by atoms with E-state index in [1.54, 1.807) is 6.92 Å². The average molecular weight is 223 g/mol. The smallest absolute Gasteiger partial charge is 0.259 e. The van der Waals surface area contributed by atoms with Gasteiger partial charge in [0.05, 0.1) is 6.20 Å². The Morgan fingerprint density at radius 2 is 2.50 bits per heavy atom. The van der Waals surface area contributed by atoms with Gasteiger partial charge >= 0.3 is 0 Å². The molecule has 1 unspecified atom stereocenters. The molecule has 1 aliphatic heterocycles. The van der Waals surface area contributed by atoms with Gasteiger partial charge in [0.25, 0.3) is 5.91 Å². The number of amides is 1. The van der Waals surface area contributed by atoms with Crippen molar-refractivity contribution < 1.29 is 9.32 Å². The lowest BCUT2D eigenvalue weighted by Crippen LogP contribution is -2.47. The van der Waals surface area contributed by atoms with Gasteiger partial charge in [-0.05, 0) is 26.8 Å². The predicted molar refractivity (Wildman–Crippen MR) is 59.2 cm³/mol. The van der Waals surface area contributed by atoms with Crippen molar-refractivity contribution in [3.63, 3.8) is 0 Å². The molecule has 1 fully saturated rings. The molecular formula is C11H17N3O2. The summed E-state index contributed by atoms with van der Waals surface area (Å²) >= 11 is 0. The van der Waals surface area contributed by atoms with E-state index in [4.69, 9.17) is 4.52 Å². The highest BCUT2D eigenvalue weighted by molar-refractivity contribution is 5.94. The van der Waals surface area contributed by atoms with Crippen LogP contribution in [0.4, 0.5) is 0 Å². The minimum Gasteiger partial charge on any atom is -0.361 e. The van der Waals surface area contributed by atoms with Gasteiger partial charge in [-0.25, -0.2) is 0 Å². The number of piperidine rings is 1. The van der Waals surface area contributed by atoms with Gasteiger partial charge in [-0.1, -0.05) is 5.16 Å². The van der Waals surface area contributed by atoms with Crippen molar-refractivity contribution in [1.29, 1.82) is 0 Å². The first kappa shape index (κ1) is 11.1. The van der Waals surface area contributed by atoms with Crippen LogP contribution in [0.3, 0.4) is 0 Å². The molecule has 1 aromatic heterocycles. The second-order valence-corrected chi connectivity index (χ2v) is 4.17. The number of rotatable bonds is 2. The highest BCUT2D eigenvalue weighted by atomic mass is 16.5. The van der Waals surface area contributed by atoms with Gasteiger partial charge in [-0.2, -0.15) is 0 Å². The lowest BCUT2D eigenvalue weighted by molar-refractivity contribution is 0.0696. The Morgan fingerprint density at radius 3 is 3.12 bits per heavy atom. The van der Waals surface area contributed by atoms with Crippen molar-refractivity contribution in [2.75, 3.05) is 20.1 Å². The van der Waals surface area contributed by atoms with Gasteiger partial charge in [0.1, 0.15) is 11.3 Å². The molecule has 1 atom stereocenters. The maximum absolute atomic E-state index is 12.1. The number of aromatic nitrogens is 1. The summed E-state index contributed by atoms with van der Waals surface area (Å²) in [5.74, 6) is 0.621. The Balaban J connectivity index is 2.07. The summed E-state index contributed by atoms with van der Waals surface area (Å²) < 4.78 is 4.92. The number of carbonyl (C=O) groups is 1. The minimum atomic E-state index is 0.0266. The van der Waals surface area contributed by atoms with E-state index in [1.807, 2.05) is 11.9 Å². The van der Waals surface area contributed by atoms with Crippen molar-refractivity contribution in [1.82, 2.24) is 15.4 Å². The van der Waals surface area contributed by atoms with Gasteiger partial charge in [-0.15, -0.1) is 0 Å². The third kappa shape index (κ3) is 2.09.